The third-order valence-electron chi connectivity index (χ3n) is 0. The smallest absolute Gasteiger partial charge is 0 e. The minimum absolute atomic E-state index is 0. The zero-order chi connectivity index (χ0) is 0. The van der Waals surface area contributed by atoms with Crippen LogP contribution >= 0.6 is 71.9 Å². The molecule has 36 valence electrons. The van der Waals surface area contributed by atoms with Crippen molar-refractivity contribution in [2.45, 2.75) is 0 Å². The molecule has 0 saturated heterocycles. The summed E-state index contributed by atoms with van der Waals surface area (Å²) in [6.45, 7) is 0. The normalized spacial score (nSPS) is 0. The molecule has 0 aromatic rings. The number of hydrogen-bond acceptors (Lipinski definition) is 0. The van der Waals surface area contributed by atoms with Crippen LogP contribution in [0, 0.1) is 80.8 Å². The molecule has 0 saturated carbocycles. The van der Waals surface area contributed by atoms with E-state index < -0.39 is 0 Å². The molecule has 5 heteroatoms. The molecular formula is H3I3Sm2. The molecule has 0 heterocycles. The molecule has 0 amide bonds. The minimum atomic E-state index is 0. The summed E-state index contributed by atoms with van der Waals surface area (Å²) in [5, 5.41) is 0. The molecule has 0 fully saturated rings. The van der Waals surface area contributed by atoms with E-state index in [0.29, 0.717) is 0 Å². The first kappa shape index (κ1) is 32.8. The predicted octanol–water partition coefficient (Wildman–Crippen LogP) is 1.85. The fourth-order valence-electron chi connectivity index (χ4n) is 0. The summed E-state index contributed by atoms with van der Waals surface area (Å²) in [7, 11) is 0. The van der Waals surface area contributed by atoms with Crippen LogP contribution in [0.15, 0.2) is 0 Å². The van der Waals surface area contributed by atoms with Crippen molar-refractivity contribution < 1.29 is 80.8 Å². The average molecular weight is 684 g/mol. The molecule has 0 aliphatic heterocycles. The van der Waals surface area contributed by atoms with E-state index in [0.717, 1.165) is 0 Å². The third-order valence-corrected chi connectivity index (χ3v) is 0. The Morgan fingerprint density at radius 2 is 0.400 bits per heavy atom. The van der Waals surface area contributed by atoms with Gasteiger partial charge in [0.15, 0.2) is 0 Å². The summed E-state index contributed by atoms with van der Waals surface area (Å²) in [5.41, 5.74) is 0. The van der Waals surface area contributed by atoms with Gasteiger partial charge in [-0.25, -0.2) is 0 Å². The zero-order valence-corrected chi connectivity index (χ0v) is 14.3. The van der Waals surface area contributed by atoms with Crippen molar-refractivity contribution in [1.29, 1.82) is 0 Å². The second-order valence-electron chi connectivity index (χ2n) is 0. The standard InChI is InChI=1S/3HI.2Sm/h3*1H;;. The fraction of sp³-hybridized carbons (Fsp3) is 0. The van der Waals surface area contributed by atoms with Gasteiger partial charge >= 0.3 is 0 Å². The van der Waals surface area contributed by atoms with Crippen LogP contribution in [0.3, 0.4) is 0 Å². The van der Waals surface area contributed by atoms with Crippen LogP contribution < -0.4 is 0 Å². The first-order valence-electron chi connectivity index (χ1n) is 0. The maximum Gasteiger partial charge on any atom is 0 e. The van der Waals surface area contributed by atoms with Gasteiger partial charge < -0.3 is 0 Å². The van der Waals surface area contributed by atoms with E-state index in [1.54, 1.807) is 0 Å². The Morgan fingerprint density at radius 3 is 0.400 bits per heavy atom. The van der Waals surface area contributed by atoms with Gasteiger partial charge in [-0.3, -0.25) is 0 Å². The van der Waals surface area contributed by atoms with E-state index in [1.807, 2.05) is 0 Å². The van der Waals surface area contributed by atoms with Crippen molar-refractivity contribution in [3.63, 3.8) is 0 Å². The molecular weight excluding hydrogens is 681 g/mol. The second-order valence-corrected chi connectivity index (χ2v) is 0. The van der Waals surface area contributed by atoms with E-state index in [2.05, 4.69) is 0 Å². The van der Waals surface area contributed by atoms with Gasteiger partial charge in [0.05, 0.1) is 0 Å². The molecule has 0 N–H and O–H groups in total. The Balaban J connectivity index is 0. The van der Waals surface area contributed by atoms with Gasteiger partial charge in [0.1, 0.15) is 0 Å². The molecule has 5 heavy (non-hydrogen) atoms. The summed E-state index contributed by atoms with van der Waals surface area (Å²) in [6.07, 6.45) is 0. The Hall–Kier alpha value is 4.87. The molecule has 0 nitrogen and oxygen atoms in total. The van der Waals surface area contributed by atoms with Crippen LogP contribution in [-0.2, 0) is 0 Å². The van der Waals surface area contributed by atoms with Gasteiger partial charge in [-0.2, -0.15) is 0 Å². The van der Waals surface area contributed by atoms with Crippen LogP contribution in [0.1, 0.15) is 0 Å². The molecule has 0 aliphatic rings. The Labute approximate surface area is 148 Å². The fourth-order valence-corrected chi connectivity index (χ4v) is 0. The van der Waals surface area contributed by atoms with Gasteiger partial charge in [0, 0.05) is 80.8 Å². The maximum atomic E-state index is 0. The van der Waals surface area contributed by atoms with Crippen molar-refractivity contribution in [1.82, 2.24) is 0 Å². The first-order valence-corrected chi connectivity index (χ1v) is 0. The van der Waals surface area contributed by atoms with E-state index >= 15 is 0 Å². The predicted molar refractivity (Wildman–Crippen MR) is 46.2 cm³/mol. The van der Waals surface area contributed by atoms with Crippen LogP contribution in [0.2, 0.25) is 0 Å². The van der Waals surface area contributed by atoms with Crippen LogP contribution in [0.25, 0.3) is 0 Å². The van der Waals surface area contributed by atoms with Crippen LogP contribution in [-0.4, -0.2) is 0 Å². The topological polar surface area (TPSA) is 0 Å². The monoisotopic (exact) mass is 688 g/mol. The molecule has 0 aromatic heterocycles. The molecule has 0 spiro atoms. The summed E-state index contributed by atoms with van der Waals surface area (Å²) in [4.78, 5) is 0. The van der Waals surface area contributed by atoms with Crippen molar-refractivity contribution in [2.24, 2.45) is 0 Å². The van der Waals surface area contributed by atoms with E-state index in [4.69, 9.17) is 0 Å². The first-order chi connectivity index (χ1) is 0. The quantitative estimate of drug-likeness (QED) is 0.343. The van der Waals surface area contributed by atoms with Gasteiger partial charge in [-0.1, -0.05) is 0 Å². The number of hydrogen-bond donors (Lipinski definition) is 0. The molecule has 0 bridgehead atoms. The summed E-state index contributed by atoms with van der Waals surface area (Å²) in [6, 6.07) is 0. The Morgan fingerprint density at radius 1 is 0.400 bits per heavy atom. The van der Waals surface area contributed by atoms with Crippen LogP contribution in [0.4, 0.5) is 0 Å². The number of rotatable bonds is 0. The minimum Gasteiger partial charge on any atom is -0.107 e. The number of halogens is 3. The largest absolute Gasteiger partial charge is 0.107 e. The van der Waals surface area contributed by atoms with E-state index in [9.17, 15) is 0 Å². The molecule has 0 rings (SSSR count). The van der Waals surface area contributed by atoms with Crippen LogP contribution in [0.5, 0.6) is 0 Å². The Kier molecular flexibility index (Phi) is 152. The van der Waals surface area contributed by atoms with Crippen molar-refractivity contribution in [3.05, 3.63) is 0 Å². The molecule has 0 radical (unpaired) electrons. The summed E-state index contributed by atoms with van der Waals surface area (Å²) in [5.74, 6) is 0. The molecule has 0 aromatic carbocycles. The van der Waals surface area contributed by atoms with Gasteiger partial charge in [0.2, 0.25) is 0 Å². The third kappa shape index (κ3) is 17.7. The van der Waals surface area contributed by atoms with Gasteiger partial charge in [-0.05, 0) is 0 Å². The van der Waals surface area contributed by atoms with Crippen molar-refractivity contribution >= 4 is 71.9 Å². The van der Waals surface area contributed by atoms with E-state index in [1.165, 1.54) is 0 Å². The average Bonchev–Trinajstić information content (AvgIpc) is 0. The second kappa shape index (κ2) is 23.2. The van der Waals surface area contributed by atoms with E-state index in [-0.39, 0.29) is 153 Å². The molecule has 0 aliphatic carbocycles. The maximum absolute atomic E-state index is 0. The summed E-state index contributed by atoms with van der Waals surface area (Å²) < 4.78 is 0. The Bertz CT molecular complexity index is 4.85. The SMILES string of the molecule is I.I.I.[Sm].[Sm]. The molecule has 0 atom stereocenters. The molecule has 0 unspecified atom stereocenters. The van der Waals surface area contributed by atoms with Gasteiger partial charge in [0.25, 0.3) is 0 Å². The van der Waals surface area contributed by atoms with Crippen molar-refractivity contribution in [2.75, 3.05) is 0 Å². The summed E-state index contributed by atoms with van der Waals surface area (Å²) >= 11 is 0. The zero-order valence-electron chi connectivity index (χ0n) is 2.04. The van der Waals surface area contributed by atoms with Crippen molar-refractivity contribution in [3.8, 4) is 0 Å². The van der Waals surface area contributed by atoms with Gasteiger partial charge in [-0.15, -0.1) is 71.9 Å².